The van der Waals surface area contributed by atoms with Crippen LogP contribution in [-0.4, -0.2) is 30.0 Å². The molecular weight excluding hydrogens is 428 g/mol. The molecule has 3 rings (SSSR count). The molecular formula is C16H13ClN4O3S3. The van der Waals surface area contributed by atoms with Crippen molar-refractivity contribution in [3.63, 3.8) is 0 Å². The van der Waals surface area contributed by atoms with Gasteiger partial charge < -0.3 is 11.1 Å². The van der Waals surface area contributed by atoms with E-state index in [-0.39, 0.29) is 31.7 Å². The fourth-order valence-electron chi connectivity index (χ4n) is 2.05. The zero-order valence-corrected chi connectivity index (χ0v) is 16.8. The van der Waals surface area contributed by atoms with Crippen LogP contribution in [0.2, 0.25) is 5.02 Å². The summed E-state index contributed by atoms with van der Waals surface area (Å²) in [4.78, 5) is 19.9. The van der Waals surface area contributed by atoms with Crippen molar-refractivity contribution < 1.29 is 13.2 Å². The molecule has 0 aliphatic carbocycles. The summed E-state index contributed by atoms with van der Waals surface area (Å²) < 4.78 is 25.2. The molecule has 0 aliphatic heterocycles. The first-order valence-corrected chi connectivity index (χ1v) is 11.2. The number of thioether (sulfide) groups is 1. The Morgan fingerprint density at radius 3 is 2.70 bits per heavy atom. The summed E-state index contributed by atoms with van der Waals surface area (Å²) in [5, 5.41) is 4.97. The number of nitrogens with zero attached hydrogens (tertiary/aromatic N) is 2. The van der Waals surface area contributed by atoms with Gasteiger partial charge >= 0.3 is 0 Å². The molecule has 1 amide bonds. The molecule has 3 aromatic rings. The van der Waals surface area contributed by atoms with Gasteiger partial charge in [0.1, 0.15) is 14.9 Å². The SMILES string of the molecule is Nc1nc(SCC(=O)Nc2ccccc2Cl)ncc1S(=O)(=O)c1cccs1. The summed E-state index contributed by atoms with van der Waals surface area (Å²) in [5.74, 6) is -0.445. The number of nitrogens with two attached hydrogens (primary N) is 1. The maximum atomic E-state index is 12.5. The molecule has 0 saturated heterocycles. The van der Waals surface area contributed by atoms with Crippen LogP contribution in [0.1, 0.15) is 0 Å². The van der Waals surface area contributed by atoms with Gasteiger partial charge in [-0.1, -0.05) is 41.6 Å². The molecule has 0 aliphatic rings. The van der Waals surface area contributed by atoms with Crippen LogP contribution < -0.4 is 11.1 Å². The fraction of sp³-hybridized carbons (Fsp3) is 0.0625. The van der Waals surface area contributed by atoms with Gasteiger partial charge in [-0.05, 0) is 23.6 Å². The number of para-hydroxylation sites is 1. The molecule has 11 heteroatoms. The van der Waals surface area contributed by atoms with Crippen molar-refractivity contribution in [1.29, 1.82) is 0 Å². The third kappa shape index (κ3) is 4.59. The highest BCUT2D eigenvalue weighted by atomic mass is 35.5. The van der Waals surface area contributed by atoms with Crippen molar-refractivity contribution in [1.82, 2.24) is 9.97 Å². The third-order valence-corrected chi connectivity index (χ3v) is 7.65. The molecule has 2 heterocycles. The minimum atomic E-state index is -3.75. The Bertz CT molecular complexity index is 1070. The number of carbonyl (C=O) groups excluding carboxylic acids is 1. The lowest BCUT2D eigenvalue weighted by Crippen LogP contribution is -2.15. The lowest BCUT2D eigenvalue weighted by atomic mass is 10.3. The Morgan fingerprint density at radius 2 is 2.04 bits per heavy atom. The number of nitrogen functional groups attached to an aromatic ring is 1. The van der Waals surface area contributed by atoms with Crippen LogP contribution in [0, 0.1) is 0 Å². The van der Waals surface area contributed by atoms with Gasteiger partial charge in [-0.2, -0.15) is 0 Å². The average Bonchev–Trinajstić information content (AvgIpc) is 3.17. The minimum Gasteiger partial charge on any atom is -0.382 e. The van der Waals surface area contributed by atoms with Gasteiger partial charge in [0.05, 0.1) is 22.7 Å². The topological polar surface area (TPSA) is 115 Å². The van der Waals surface area contributed by atoms with E-state index in [1.807, 2.05) is 0 Å². The van der Waals surface area contributed by atoms with E-state index in [1.54, 1.807) is 35.7 Å². The standard InChI is InChI=1S/C16H13ClN4O3S3/c17-10-4-1-2-5-11(10)20-13(22)9-26-16-19-8-12(15(18)21-16)27(23,24)14-6-3-7-25-14/h1-8H,9H2,(H,20,22)(H2,18,19,21). The number of hydrogen-bond acceptors (Lipinski definition) is 8. The summed E-state index contributed by atoms with van der Waals surface area (Å²) in [5.41, 5.74) is 6.31. The van der Waals surface area contributed by atoms with Gasteiger partial charge in [-0.3, -0.25) is 4.79 Å². The number of sulfone groups is 1. The van der Waals surface area contributed by atoms with Crippen molar-refractivity contribution >= 4 is 61.9 Å². The lowest BCUT2D eigenvalue weighted by molar-refractivity contribution is -0.113. The maximum absolute atomic E-state index is 12.5. The van der Waals surface area contributed by atoms with E-state index in [4.69, 9.17) is 17.3 Å². The molecule has 140 valence electrons. The first-order valence-electron chi connectivity index (χ1n) is 7.46. The lowest BCUT2D eigenvalue weighted by Gasteiger charge is -2.08. The highest BCUT2D eigenvalue weighted by Gasteiger charge is 2.23. The van der Waals surface area contributed by atoms with E-state index < -0.39 is 9.84 Å². The fourth-order valence-corrected chi connectivity index (χ4v) is 5.23. The third-order valence-electron chi connectivity index (χ3n) is 3.29. The highest BCUT2D eigenvalue weighted by Crippen LogP contribution is 2.28. The maximum Gasteiger partial charge on any atom is 0.234 e. The van der Waals surface area contributed by atoms with E-state index in [0.29, 0.717) is 10.7 Å². The summed E-state index contributed by atoms with van der Waals surface area (Å²) >= 11 is 8.11. The van der Waals surface area contributed by atoms with Crippen molar-refractivity contribution in [2.75, 3.05) is 16.8 Å². The second kappa shape index (κ2) is 8.26. The number of hydrogen-bond donors (Lipinski definition) is 2. The molecule has 7 nitrogen and oxygen atoms in total. The van der Waals surface area contributed by atoms with E-state index in [9.17, 15) is 13.2 Å². The van der Waals surface area contributed by atoms with Crippen LogP contribution in [0.4, 0.5) is 11.5 Å². The Morgan fingerprint density at radius 1 is 1.26 bits per heavy atom. The Hall–Kier alpha value is -2.14. The predicted molar refractivity (Wildman–Crippen MR) is 107 cm³/mol. The molecule has 3 N–H and O–H groups in total. The summed E-state index contributed by atoms with van der Waals surface area (Å²) in [6, 6.07) is 9.99. The van der Waals surface area contributed by atoms with Gasteiger partial charge in [-0.25, -0.2) is 18.4 Å². The summed E-state index contributed by atoms with van der Waals surface area (Å²) in [6.45, 7) is 0. The van der Waals surface area contributed by atoms with E-state index >= 15 is 0 Å². The van der Waals surface area contributed by atoms with Crippen LogP contribution >= 0.6 is 34.7 Å². The minimum absolute atomic E-state index is 0.0156. The summed E-state index contributed by atoms with van der Waals surface area (Å²) in [6.07, 6.45) is 1.16. The van der Waals surface area contributed by atoms with Crippen LogP contribution in [0.25, 0.3) is 0 Å². The zero-order valence-electron chi connectivity index (χ0n) is 13.6. The van der Waals surface area contributed by atoms with E-state index in [2.05, 4.69) is 15.3 Å². The zero-order chi connectivity index (χ0) is 19.4. The Labute approximate surface area is 168 Å². The molecule has 0 unspecified atom stereocenters. The van der Waals surface area contributed by atoms with Gasteiger partial charge in [-0.15, -0.1) is 11.3 Å². The van der Waals surface area contributed by atoms with E-state index in [1.165, 1.54) is 6.07 Å². The molecule has 0 atom stereocenters. The van der Waals surface area contributed by atoms with Gasteiger partial charge in [0.15, 0.2) is 5.16 Å². The average molecular weight is 441 g/mol. The number of carbonyl (C=O) groups is 1. The van der Waals surface area contributed by atoms with Gasteiger partial charge in [0.25, 0.3) is 0 Å². The second-order valence-corrected chi connectivity index (χ2v) is 9.60. The van der Waals surface area contributed by atoms with Crippen LogP contribution in [0.15, 0.2) is 62.2 Å². The highest BCUT2D eigenvalue weighted by molar-refractivity contribution is 7.99. The first kappa shape index (κ1) is 19.6. The van der Waals surface area contributed by atoms with E-state index in [0.717, 1.165) is 29.3 Å². The van der Waals surface area contributed by atoms with Crippen molar-refractivity contribution in [2.45, 2.75) is 14.3 Å². The smallest absolute Gasteiger partial charge is 0.234 e. The molecule has 0 spiro atoms. The van der Waals surface area contributed by atoms with Crippen molar-refractivity contribution in [3.05, 3.63) is 53.0 Å². The monoisotopic (exact) mass is 440 g/mol. The van der Waals surface area contributed by atoms with Gasteiger partial charge in [0.2, 0.25) is 15.7 Å². The Balaban J connectivity index is 1.68. The normalized spacial score (nSPS) is 11.3. The molecule has 1 aromatic carbocycles. The van der Waals surface area contributed by atoms with Crippen molar-refractivity contribution in [3.8, 4) is 0 Å². The molecule has 0 saturated carbocycles. The molecule has 2 aromatic heterocycles. The summed E-state index contributed by atoms with van der Waals surface area (Å²) in [7, 11) is -3.75. The molecule has 0 bridgehead atoms. The predicted octanol–water partition coefficient (Wildman–Crippen LogP) is 3.34. The van der Waals surface area contributed by atoms with Crippen LogP contribution in [0.3, 0.4) is 0 Å². The number of amides is 1. The van der Waals surface area contributed by atoms with Gasteiger partial charge in [0, 0.05) is 0 Å². The number of halogens is 1. The second-order valence-electron chi connectivity index (χ2n) is 5.15. The largest absolute Gasteiger partial charge is 0.382 e. The number of anilines is 2. The Kier molecular flexibility index (Phi) is 6.00. The number of thiophene rings is 1. The molecule has 27 heavy (non-hydrogen) atoms. The van der Waals surface area contributed by atoms with Crippen LogP contribution in [-0.2, 0) is 14.6 Å². The molecule has 0 radical (unpaired) electrons. The molecule has 0 fully saturated rings. The number of rotatable bonds is 6. The van der Waals surface area contributed by atoms with Crippen molar-refractivity contribution in [2.24, 2.45) is 0 Å². The van der Waals surface area contributed by atoms with Crippen LogP contribution in [0.5, 0.6) is 0 Å². The quantitative estimate of drug-likeness (QED) is 0.446. The first-order chi connectivity index (χ1) is 12.9. The number of benzene rings is 1. The number of nitrogens with one attached hydrogen (secondary N) is 1. The number of aromatic nitrogens is 2.